The van der Waals surface area contributed by atoms with Gasteiger partial charge in [-0.25, -0.2) is 0 Å². The van der Waals surface area contributed by atoms with E-state index < -0.39 is 12.7 Å². The van der Waals surface area contributed by atoms with Gasteiger partial charge in [0.05, 0.1) is 13.1 Å². The van der Waals surface area contributed by atoms with Crippen molar-refractivity contribution in [2.24, 2.45) is 4.99 Å². The molecule has 0 unspecified atom stereocenters. The van der Waals surface area contributed by atoms with Crippen LogP contribution in [0.2, 0.25) is 0 Å². The number of guanidine groups is 1. The highest BCUT2D eigenvalue weighted by atomic mass is 127. The van der Waals surface area contributed by atoms with Gasteiger partial charge in [0.15, 0.2) is 5.96 Å². The number of nitrogens with zero attached hydrogens (tertiary/aromatic N) is 2. The average molecular weight is 492 g/mol. The lowest BCUT2D eigenvalue weighted by Crippen LogP contribution is -2.43. The second kappa shape index (κ2) is 11.2. The number of likely N-dealkylation sites (N-methyl/N-ethyl adjacent to an activating group) is 1. The van der Waals surface area contributed by atoms with Gasteiger partial charge in [-0.1, -0.05) is 19.9 Å². The quantitative estimate of drug-likeness (QED) is 0.331. The van der Waals surface area contributed by atoms with Crippen LogP contribution in [0.4, 0.5) is 13.2 Å². The number of thiophene rings is 1. The number of alkyl halides is 3. The highest BCUT2D eigenvalue weighted by molar-refractivity contribution is 14.0. The van der Waals surface area contributed by atoms with E-state index in [0.29, 0.717) is 25.6 Å². The van der Waals surface area contributed by atoms with Crippen molar-refractivity contribution in [2.75, 3.05) is 39.8 Å². The molecule has 0 saturated heterocycles. The van der Waals surface area contributed by atoms with Gasteiger partial charge in [0.25, 0.3) is 0 Å². The van der Waals surface area contributed by atoms with Gasteiger partial charge in [-0.3, -0.25) is 9.89 Å². The molecule has 25 heavy (non-hydrogen) atoms. The van der Waals surface area contributed by atoms with Crippen molar-refractivity contribution in [3.63, 3.8) is 0 Å². The van der Waals surface area contributed by atoms with Gasteiger partial charge in [-0.05, 0) is 25.4 Å². The summed E-state index contributed by atoms with van der Waals surface area (Å²) in [6.07, 6.45) is -4.17. The molecule has 0 aliphatic heterocycles. The lowest BCUT2D eigenvalue weighted by atomic mass is 9.92. The minimum absolute atomic E-state index is 0. The molecule has 2 N–H and O–H groups in total. The van der Waals surface area contributed by atoms with Crippen LogP contribution >= 0.6 is 35.3 Å². The Bertz CT molecular complexity index is 504. The highest BCUT2D eigenvalue weighted by Gasteiger charge is 2.28. The summed E-state index contributed by atoms with van der Waals surface area (Å²) < 4.78 is 36.9. The molecule has 0 spiro atoms. The lowest BCUT2D eigenvalue weighted by molar-refractivity contribution is -0.142. The number of halogens is 4. The molecule has 0 amide bonds. The van der Waals surface area contributed by atoms with E-state index in [1.807, 2.05) is 18.4 Å². The first-order chi connectivity index (χ1) is 11.1. The molecule has 1 aromatic rings. The van der Waals surface area contributed by atoms with Gasteiger partial charge in [0.2, 0.25) is 0 Å². The molecule has 0 aliphatic rings. The highest BCUT2D eigenvalue weighted by Crippen LogP contribution is 2.27. The summed E-state index contributed by atoms with van der Waals surface area (Å²) in [6, 6.07) is 4.11. The molecule has 1 aromatic heterocycles. The van der Waals surface area contributed by atoms with Gasteiger partial charge in [0.1, 0.15) is 0 Å². The van der Waals surface area contributed by atoms with Crippen LogP contribution in [0.3, 0.4) is 0 Å². The van der Waals surface area contributed by atoms with Gasteiger partial charge < -0.3 is 10.6 Å². The third-order valence-corrected chi connectivity index (χ3v) is 4.64. The number of hydrogen-bond acceptors (Lipinski definition) is 3. The van der Waals surface area contributed by atoms with Crippen LogP contribution in [-0.2, 0) is 5.41 Å². The Kier molecular flexibility index (Phi) is 11.0. The summed E-state index contributed by atoms with van der Waals surface area (Å²) in [5.74, 6) is 0.627. The normalized spacial score (nSPS) is 12.9. The summed E-state index contributed by atoms with van der Waals surface area (Å²) >= 11 is 1.70. The minimum Gasteiger partial charge on any atom is -0.357 e. The Labute approximate surface area is 169 Å². The summed E-state index contributed by atoms with van der Waals surface area (Å²) in [7, 11) is 1.46. The molecule has 0 bridgehead atoms. The van der Waals surface area contributed by atoms with Crippen molar-refractivity contribution >= 4 is 41.3 Å². The minimum atomic E-state index is -4.17. The maximum absolute atomic E-state index is 12.3. The van der Waals surface area contributed by atoms with Crippen LogP contribution in [0.15, 0.2) is 22.5 Å². The van der Waals surface area contributed by atoms with Crippen molar-refractivity contribution in [3.8, 4) is 0 Å². The molecule has 1 rings (SSSR count). The lowest BCUT2D eigenvalue weighted by Gasteiger charge is -2.22. The Morgan fingerprint density at radius 2 is 1.96 bits per heavy atom. The molecular weight excluding hydrogens is 464 g/mol. The Balaban J connectivity index is 0.00000576. The third kappa shape index (κ3) is 10.2. The van der Waals surface area contributed by atoms with Crippen LogP contribution in [0.1, 0.15) is 25.6 Å². The summed E-state index contributed by atoms with van der Waals surface area (Å²) in [4.78, 5) is 7.07. The van der Waals surface area contributed by atoms with Crippen molar-refractivity contribution in [1.82, 2.24) is 15.5 Å². The first-order valence-corrected chi connectivity index (χ1v) is 8.83. The number of aliphatic imine (C=N–C) groups is 1. The molecule has 0 atom stereocenters. The summed E-state index contributed by atoms with van der Waals surface area (Å²) in [5.41, 5.74) is -0.0798. The second-order valence-corrected chi connectivity index (χ2v) is 7.28. The van der Waals surface area contributed by atoms with E-state index in [9.17, 15) is 13.2 Å². The molecule has 146 valence electrons. The Hall–Kier alpha value is -0.550. The summed E-state index contributed by atoms with van der Waals surface area (Å²) in [6.45, 7) is 7.29. The predicted molar refractivity (Wildman–Crippen MR) is 110 cm³/mol. The first-order valence-electron chi connectivity index (χ1n) is 7.95. The molecule has 4 nitrogen and oxygen atoms in total. The maximum Gasteiger partial charge on any atom is 0.401 e. The predicted octanol–water partition coefficient (Wildman–Crippen LogP) is 3.69. The van der Waals surface area contributed by atoms with Crippen molar-refractivity contribution in [1.29, 1.82) is 0 Å². The van der Waals surface area contributed by atoms with Crippen molar-refractivity contribution in [3.05, 3.63) is 22.4 Å². The fraction of sp³-hybridized carbons (Fsp3) is 0.688. The maximum atomic E-state index is 12.3. The largest absolute Gasteiger partial charge is 0.401 e. The number of rotatable bonds is 8. The molecule has 0 saturated carbocycles. The van der Waals surface area contributed by atoms with Crippen LogP contribution in [0.5, 0.6) is 0 Å². The molecule has 0 aliphatic carbocycles. The smallest absolute Gasteiger partial charge is 0.357 e. The van der Waals surface area contributed by atoms with Crippen LogP contribution < -0.4 is 10.6 Å². The van der Waals surface area contributed by atoms with E-state index in [0.717, 1.165) is 0 Å². The van der Waals surface area contributed by atoms with E-state index in [4.69, 9.17) is 0 Å². The van der Waals surface area contributed by atoms with E-state index in [-0.39, 0.29) is 35.9 Å². The SMILES string of the molecule is CCNC(=NCC(C)(C)c1cccs1)NCCN(C)CC(F)(F)F.I. The topological polar surface area (TPSA) is 39.7 Å². The van der Waals surface area contributed by atoms with Crippen LogP contribution in [0, 0.1) is 0 Å². The second-order valence-electron chi connectivity index (χ2n) is 6.34. The Morgan fingerprint density at radius 3 is 2.48 bits per heavy atom. The van der Waals surface area contributed by atoms with Crippen LogP contribution in [0.25, 0.3) is 0 Å². The molecule has 1 heterocycles. The molecule has 0 aromatic carbocycles. The number of hydrogen-bond donors (Lipinski definition) is 2. The average Bonchev–Trinajstić information content (AvgIpc) is 2.97. The van der Waals surface area contributed by atoms with E-state index in [2.05, 4.69) is 35.5 Å². The van der Waals surface area contributed by atoms with E-state index in [1.165, 1.54) is 16.8 Å². The van der Waals surface area contributed by atoms with Crippen molar-refractivity contribution < 1.29 is 13.2 Å². The van der Waals surface area contributed by atoms with Crippen molar-refractivity contribution in [2.45, 2.75) is 32.4 Å². The first kappa shape index (κ1) is 24.5. The zero-order chi connectivity index (χ0) is 18.2. The molecule has 9 heteroatoms. The van der Waals surface area contributed by atoms with Gasteiger partial charge in [-0.2, -0.15) is 13.2 Å². The fourth-order valence-corrected chi connectivity index (χ4v) is 2.95. The monoisotopic (exact) mass is 492 g/mol. The van der Waals surface area contributed by atoms with Gasteiger partial charge in [-0.15, -0.1) is 35.3 Å². The fourth-order valence-electron chi connectivity index (χ4n) is 2.11. The molecular formula is C16H28F3IN4S. The zero-order valence-corrected chi connectivity index (χ0v) is 18.3. The number of nitrogens with one attached hydrogen (secondary N) is 2. The van der Waals surface area contributed by atoms with E-state index in [1.54, 1.807) is 11.3 Å². The summed E-state index contributed by atoms with van der Waals surface area (Å²) in [5, 5.41) is 8.25. The van der Waals surface area contributed by atoms with E-state index >= 15 is 0 Å². The van der Waals surface area contributed by atoms with Gasteiger partial charge in [0, 0.05) is 29.9 Å². The van der Waals surface area contributed by atoms with Gasteiger partial charge >= 0.3 is 6.18 Å². The molecule has 0 radical (unpaired) electrons. The standard InChI is InChI=1S/C16H27F3N4S.HI/c1-5-20-14(21-8-9-23(4)12-16(17,18)19)22-11-15(2,3)13-7-6-10-24-13;/h6-7,10H,5,8-9,11-12H2,1-4H3,(H2,20,21,22);1H. The molecule has 0 fully saturated rings. The third-order valence-electron chi connectivity index (χ3n) is 3.40. The zero-order valence-electron chi connectivity index (χ0n) is 15.1. The Morgan fingerprint density at radius 1 is 1.28 bits per heavy atom. The van der Waals surface area contributed by atoms with Crippen LogP contribution in [-0.4, -0.2) is 56.8 Å².